The number of rotatable bonds is 1. The first-order chi connectivity index (χ1) is 5.97. The standard InChI is InChI=1S/C10H19N2/c1-3-7-11(8-4-1)12-9-5-2-6-10-12/h7H,1-6,8-10H2. The zero-order chi connectivity index (χ0) is 8.23. The van der Waals surface area contributed by atoms with E-state index in [2.05, 4.69) is 16.6 Å². The molecule has 1 radical (unpaired) electrons. The van der Waals surface area contributed by atoms with Crippen molar-refractivity contribution in [2.75, 3.05) is 19.6 Å². The van der Waals surface area contributed by atoms with Crippen LogP contribution in [-0.4, -0.2) is 29.7 Å². The van der Waals surface area contributed by atoms with Crippen LogP contribution in [0.4, 0.5) is 0 Å². The van der Waals surface area contributed by atoms with Gasteiger partial charge < -0.3 is 0 Å². The van der Waals surface area contributed by atoms with E-state index in [-0.39, 0.29) is 0 Å². The molecule has 0 spiro atoms. The molecular formula is C10H19N2. The van der Waals surface area contributed by atoms with Crippen molar-refractivity contribution >= 4 is 0 Å². The molecule has 69 valence electrons. The van der Waals surface area contributed by atoms with Gasteiger partial charge in [-0.1, -0.05) is 12.8 Å². The molecule has 0 saturated carbocycles. The summed E-state index contributed by atoms with van der Waals surface area (Å²) in [7, 11) is 0. The fourth-order valence-electron chi connectivity index (χ4n) is 2.14. The Morgan fingerprint density at radius 1 is 0.750 bits per heavy atom. The molecule has 0 aromatic heterocycles. The predicted octanol–water partition coefficient (Wildman–Crippen LogP) is 2.03. The van der Waals surface area contributed by atoms with E-state index >= 15 is 0 Å². The molecule has 0 aliphatic carbocycles. The average Bonchev–Trinajstić information content (AvgIpc) is 2.21. The Balaban J connectivity index is 1.80. The molecule has 2 nitrogen and oxygen atoms in total. The van der Waals surface area contributed by atoms with Crippen molar-refractivity contribution in [3.05, 3.63) is 6.54 Å². The van der Waals surface area contributed by atoms with Gasteiger partial charge in [-0.25, -0.2) is 10.0 Å². The molecule has 2 aliphatic rings. The van der Waals surface area contributed by atoms with E-state index < -0.39 is 0 Å². The fourth-order valence-corrected chi connectivity index (χ4v) is 2.14. The average molecular weight is 167 g/mol. The molecule has 12 heavy (non-hydrogen) atoms. The molecule has 2 saturated heterocycles. The summed E-state index contributed by atoms with van der Waals surface area (Å²) in [6.45, 7) is 6.22. The van der Waals surface area contributed by atoms with Crippen LogP contribution in [0.15, 0.2) is 0 Å². The minimum absolute atomic E-state index is 1.26. The highest BCUT2D eigenvalue weighted by Crippen LogP contribution is 2.18. The lowest BCUT2D eigenvalue weighted by Crippen LogP contribution is -2.45. The van der Waals surface area contributed by atoms with Gasteiger partial charge in [-0.15, -0.1) is 0 Å². The second-order valence-electron chi connectivity index (χ2n) is 3.86. The minimum Gasteiger partial charge on any atom is -0.241 e. The first kappa shape index (κ1) is 8.52. The molecule has 0 aromatic carbocycles. The SMILES string of the molecule is [CH]1CCCCN1N1CCCCC1. The van der Waals surface area contributed by atoms with Gasteiger partial charge in [0.15, 0.2) is 0 Å². The van der Waals surface area contributed by atoms with E-state index in [4.69, 9.17) is 0 Å². The second kappa shape index (κ2) is 4.24. The normalized spacial score (nSPS) is 29.0. The van der Waals surface area contributed by atoms with E-state index in [1.807, 2.05) is 0 Å². The van der Waals surface area contributed by atoms with E-state index in [0.29, 0.717) is 0 Å². The number of hydrogen-bond donors (Lipinski definition) is 0. The zero-order valence-corrected chi connectivity index (χ0v) is 7.84. The largest absolute Gasteiger partial charge is 0.241 e. The molecule has 0 aromatic rings. The monoisotopic (exact) mass is 167 g/mol. The van der Waals surface area contributed by atoms with Crippen LogP contribution in [0, 0.1) is 6.54 Å². The molecule has 2 rings (SSSR count). The maximum Gasteiger partial charge on any atom is 0.0415 e. The molecule has 2 aliphatic heterocycles. The third-order valence-corrected chi connectivity index (χ3v) is 2.88. The highest BCUT2D eigenvalue weighted by Gasteiger charge is 2.19. The smallest absolute Gasteiger partial charge is 0.0415 e. The van der Waals surface area contributed by atoms with Crippen LogP contribution < -0.4 is 0 Å². The molecule has 2 heteroatoms. The Bertz CT molecular complexity index is 108. The Labute approximate surface area is 75.5 Å². The summed E-state index contributed by atoms with van der Waals surface area (Å²) in [5, 5.41) is 4.99. The van der Waals surface area contributed by atoms with E-state index in [1.54, 1.807) is 0 Å². The van der Waals surface area contributed by atoms with Crippen molar-refractivity contribution in [2.24, 2.45) is 0 Å². The molecule has 0 bridgehead atoms. The third kappa shape index (κ3) is 1.99. The summed E-state index contributed by atoms with van der Waals surface area (Å²) in [6, 6.07) is 0. The predicted molar refractivity (Wildman–Crippen MR) is 50.3 cm³/mol. The van der Waals surface area contributed by atoms with Crippen molar-refractivity contribution in [2.45, 2.75) is 38.5 Å². The van der Waals surface area contributed by atoms with Gasteiger partial charge in [0.25, 0.3) is 0 Å². The van der Waals surface area contributed by atoms with Gasteiger partial charge >= 0.3 is 0 Å². The lowest BCUT2D eigenvalue weighted by atomic mass is 10.1. The Morgan fingerprint density at radius 3 is 2.17 bits per heavy atom. The molecular weight excluding hydrogens is 148 g/mol. The van der Waals surface area contributed by atoms with E-state index in [0.717, 1.165) is 0 Å². The highest BCUT2D eigenvalue weighted by molar-refractivity contribution is 4.74. The summed E-state index contributed by atoms with van der Waals surface area (Å²) in [6.07, 6.45) is 8.28. The number of hydrogen-bond acceptors (Lipinski definition) is 2. The first-order valence-electron chi connectivity index (χ1n) is 5.32. The fraction of sp³-hybridized carbons (Fsp3) is 0.900. The molecule has 2 heterocycles. The van der Waals surface area contributed by atoms with Crippen molar-refractivity contribution in [1.29, 1.82) is 0 Å². The molecule has 2 fully saturated rings. The van der Waals surface area contributed by atoms with Crippen LogP contribution >= 0.6 is 0 Å². The summed E-state index contributed by atoms with van der Waals surface area (Å²) in [5.74, 6) is 0. The topological polar surface area (TPSA) is 6.48 Å². The third-order valence-electron chi connectivity index (χ3n) is 2.88. The Hall–Kier alpha value is -0.0800. The van der Waals surface area contributed by atoms with Crippen molar-refractivity contribution < 1.29 is 0 Å². The van der Waals surface area contributed by atoms with Gasteiger partial charge in [-0.3, -0.25) is 0 Å². The minimum atomic E-state index is 1.26. The summed E-state index contributed by atoms with van der Waals surface area (Å²) >= 11 is 0. The lowest BCUT2D eigenvalue weighted by molar-refractivity contribution is -0.0260. The number of piperidine rings is 2. The molecule has 0 N–H and O–H groups in total. The van der Waals surface area contributed by atoms with E-state index in [9.17, 15) is 0 Å². The van der Waals surface area contributed by atoms with Crippen LogP contribution in [0.5, 0.6) is 0 Å². The lowest BCUT2D eigenvalue weighted by Gasteiger charge is -2.39. The van der Waals surface area contributed by atoms with Gasteiger partial charge in [0.2, 0.25) is 0 Å². The quantitative estimate of drug-likeness (QED) is 0.589. The van der Waals surface area contributed by atoms with E-state index in [1.165, 1.54) is 58.2 Å². The van der Waals surface area contributed by atoms with Crippen LogP contribution in [0.2, 0.25) is 0 Å². The Kier molecular flexibility index (Phi) is 3.01. The van der Waals surface area contributed by atoms with Crippen LogP contribution in [-0.2, 0) is 0 Å². The van der Waals surface area contributed by atoms with Crippen molar-refractivity contribution in [3.8, 4) is 0 Å². The second-order valence-corrected chi connectivity index (χ2v) is 3.86. The summed E-state index contributed by atoms with van der Waals surface area (Å²) in [4.78, 5) is 0. The van der Waals surface area contributed by atoms with Crippen LogP contribution in [0.3, 0.4) is 0 Å². The van der Waals surface area contributed by atoms with Gasteiger partial charge in [-0.2, -0.15) is 0 Å². The Morgan fingerprint density at radius 2 is 1.50 bits per heavy atom. The first-order valence-corrected chi connectivity index (χ1v) is 5.32. The van der Waals surface area contributed by atoms with Crippen molar-refractivity contribution in [3.63, 3.8) is 0 Å². The number of hydrazine groups is 1. The van der Waals surface area contributed by atoms with Gasteiger partial charge in [0.05, 0.1) is 0 Å². The molecule has 0 amide bonds. The summed E-state index contributed by atoms with van der Waals surface area (Å²) < 4.78 is 0. The van der Waals surface area contributed by atoms with Crippen molar-refractivity contribution in [1.82, 2.24) is 10.0 Å². The van der Waals surface area contributed by atoms with Gasteiger partial charge in [0, 0.05) is 26.2 Å². The molecule has 0 atom stereocenters. The van der Waals surface area contributed by atoms with Gasteiger partial charge in [-0.05, 0) is 25.7 Å². The molecule has 0 unspecified atom stereocenters. The maximum atomic E-state index is 2.53. The van der Waals surface area contributed by atoms with Crippen LogP contribution in [0.1, 0.15) is 38.5 Å². The maximum absolute atomic E-state index is 2.53. The van der Waals surface area contributed by atoms with Crippen LogP contribution in [0.25, 0.3) is 0 Å². The summed E-state index contributed by atoms with van der Waals surface area (Å²) in [5.41, 5.74) is 0. The van der Waals surface area contributed by atoms with Gasteiger partial charge in [0.1, 0.15) is 0 Å². The zero-order valence-electron chi connectivity index (χ0n) is 7.84. The highest BCUT2D eigenvalue weighted by atomic mass is 15.6. The number of nitrogens with zero attached hydrogens (tertiary/aromatic N) is 2.